The van der Waals surface area contributed by atoms with Crippen molar-refractivity contribution in [2.24, 2.45) is 0 Å². The van der Waals surface area contributed by atoms with Gasteiger partial charge in [0.2, 0.25) is 5.82 Å². The van der Waals surface area contributed by atoms with Gasteiger partial charge in [0.05, 0.1) is 7.11 Å². The zero-order chi connectivity index (χ0) is 18.8. The van der Waals surface area contributed by atoms with E-state index in [-0.39, 0.29) is 0 Å². The minimum absolute atomic E-state index is 0.358. The number of benzene rings is 2. The van der Waals surface area contributed by atoms with E-state index in [0.29, 0.717) is 17.9 Å². The standard InChI is InChI=1S/C21H24N4O2/c1-15-5-4-6-18(13-15)25-12-11-24(14-16(25)2)21-22-20(23-27-21)17-7-9-19(26-3)10-8-17/h4-10,13,16H,11-12,14H2,1-3H3. The van der Waals surface area contributed by atoms with Crippen LogP contribution in [-0.4, -0.2) is 42.9 Å². The first-order valence-electron chi connectivity index (χ1n) is 9.20. The highest BCUT2D eigenvalue weighted by molar-refractivity contribution is 5.57. The quantitative estimate of drug-likeness (QED) is 0.702. The van der Waals surface area contributed by atoms with Crippen molar-refractivity contribution in [2.45, 2.75) is 19.9 Å². The number of hydrogen-bond donors (Lipinski definition) is 0. The largest absolute Gasteiger partial charge is 0.497 e. The highest BCUT2D eigenvalue weighted by Gasteiger charge is 2.27. The van der Waals surface area contributed by atoms with Crippen LogP contribution in [0.1, 0.15) is 12.5 Å². The smallest absolute Gasteiger partial charge is 0.324 e. The number of methoxy groups -OCH3 is 1. The Hall–Kier alpha value is -3.02. The molecule has 1 atom stereocenters. The molecule has 0 bridgehead atoms. The number of anilines is 2. The van der Waals surface area contributed by atoms with E-state index in [1.807, 2.05) is 24.3 Å². The third-order valence-corrected chi connectivity index (χ3v) is 4.99. The van der Waals surface area contributed by atoms with Gasteiger partial charge in [-0.05, 0) is 55.8 Å². The molecule has 1 aliphatic heterocycles. The van der Waals surface area contributed by atoms with E-state index in [2.05, 4.69) is 58.1 Å². The summed E-state index contributed by atoms with van der Waals surface area (Å²) in [5, 5.41) is 4.15. The molecule has 27 heavy (non-hydrogen) atoms. The molecule has 4 rings (SSSR count). The van der Waals surface area contributed by atoms with E-state index >= 15 is 0 Å². The van der Waals surface area contributed by atoms with Crippen LogP contribution in [-0.2, 0) is 0 Å². The van der Waals surface area contributed by atoms with Crippen LogP contribution in [0.25, 0.3) is 11.4 Å². The summed E-state index contributed by atoms with van der Waals surface area (Å²) in [6.45, 7) is 6.98. The Morgan fingerprint density at radius 1 is 1.11 bits per heavy atom. The van der Waals surface area contributed by atoms with Crippen LogP contribution in [0, 0.1) is 6.92 Å². The van der Waals surface area contributed by atoms with Crippen molar-refractivity contribution in [3.05, 3.63) is 54.1 Å². The highest BCUT2D eigenvalue weighted by atomic mass is 16.5. The average Bonchev–Trinajstić information content (AvgIpc) is 3.18. The number of aryl methyl sites for hydroxylation is 1. The number of piperazine rings is 1. The number of nitrogens with zero attached hydrogens (tertiary/aromatic N) is 4. The molecule has 2 aromatic carbocycles. The van der Waals surface area contributed by atoms with Crippen molar-refractivity contribution in [3.8, 4) is 17.1 Å². The third-order valence-electron chi connectivity index (χ3n) is 4.99. The van der Waals surface area contributed by atoms with Crippen LogP contribution in [0.5, 0.6) is 5.75 Å². The fourth-order valence-electron chi connectivity index (χ4n) is 3.52. The Morgan fingerprint density at radius 3 is 2.63 bits per heavy atom. The van der Waals surface area contributed by atoms with Gasteiger partial charge in [0, 0.05) is 36.9 Å². The minimum atomic E-state index is 0.358. The molecule has 0 radical (unpaired) electrons. The summed E-state index contributed by atoms with van der Waals surface area (Å²) in [5.74, 6) is 1.41. The maximum absolute atomic E-state index is 5.54. The summed E-state index contributed by atoms with van der Waals surface area (Å²) >= 11 is 0. The van der Waals surface area contributed by atoms with E-state index in [9.17, 15) is 0 Å². The van der Waals surface area contributed by atoms with Gasteiger partial charge >= 0.3 is 6.01 Å². The van der Waals surface area contributed by atoms with Crippen molar-refractivity contribution < 1.29 is 9.26 Å². The summed E-state index contributed by atoms with van der Waals surface area (Å²) in [7, 11) is 1.65. The molecule has 6 heteroatoms. The summed E-state index contributed by atoms with van der Waals surface area (Å²) in [6.07, 6.45) is 0. The summed E-state index contributed by atoms with van der Waals surface area (Å²) < 4.78 is 10.7. The molecule has 1 aliphatic rings. The average molecular weight is 364 g/mol. The van der Waals surface area contributed by atoms with Crippen LogP contribution in [0.3, 0.4) is 0 Å². The molecule has 0 saturated carbocycles. The van der Waals surface area contributed by atoms with Crippen LogP contribution in [0.15, 0.2) is 53.1 Å². The van der Waals surface area contributed by atoms with Crippen LogP contribution in [0.2, 0.25) is 0 Å². The first kappa shape index (κ1) is 17.4. The zero-order valence-corrected chi connectivity index (χ0v) is 15.9. The SMILES string of the molecule is COc1ccc(-c2noc(N3CCN(c4cccc(C)c4)C(C)C3)n2)cc1. The molecular formula is C21H24N4O2. The van der Waals surface area contributed by atoms with Gasteiger partial charge in [-0.2, -0.15) is 4.98 Å². The Kier molecular flexibility index (Phi) is 4.71. The molecular weight excluding hydrogens is 340 g/mol. The van der Waals surface area contributed by atoms with E-state index in [1.54, 1.807) is 7.11 Å². The van der Waals surface area contributed by atoms with Gasteiger partial charge < -0.3 is 19.1 Å². The molecule has 1 aromatic heterocycles. The van der Waals surface area contributed by atoms with Crippen molar-refractivity contribution in [1.29, 1.82) is 0 Å². The zero-order valence-electron chi connectivity index (χ0n) is 15.9. The van der Waals surface area contributed by atoms with Gasteiger partial charge in [-0.15, -0.1) is 0 Å². The molecule has 6 nitrogen and oxygen atoms in total. The Morgan fingerprint density at radius 2 is 1.93 bits per heavy atom. The lowest BCUT2D eigenvalue weighted by Crippen LogP contribution is -2.52. The second kappa shape index (κ2) is 7.31. The molecule has 1 fully saturated rings. The number of rotatable bonds is 4. The number of hydrogen-bond acceptors (Lipinski definition) is 6. The van der Waals surface area contributed by atoms with Crippen molar-refractivity contribution in [1.82, 2.24) is 10.1 Å². The minimum Gasteiger partial charge on any atom is -0.497 e. The van der Waals surface area contributed by atoms with Gasteiger partial charge in [0.1, 0.15) is 5.75 Å². The molecule has 1 unspecified atom stereocenters. The maximum Gasteiger partial charge on any atom is 0.324 e. The molecule has 3 aromatic rings. The molecule has 0 amide bonds. The van der Waals surface area contributed by atoms with E-state index in [1.165, 1.54) is 11.3 Å². The monoisotopic (exact) mass is 364 g/mol. The fraction of sp³-hybridized carbons (Fsp3) is 0.333. The first-order chi connectivity index (χ1) is 13.1. The summed E-state index contributed by atoms with van der Waals surface area (Å²) in [5.41, 5.74) is 3.46. The maximum atomic E-state index is 5.54. The Bertz CT molecular complexity index is 907. The van der Waals surface area contributed by atoms with E-state index in [4.69, 9.17) is 9.26 Å². The first-order valence-corrected chi connectivity index (χ1v) is 9.20. The van der Waals surface area contributed by atoms with Crippen molar-refractivity contribution >= 4 is 11.7 Å². The Labute approximate surface area is 159 Å². The lowest BCUT2D eigenvalue weighted by molar-refractivity contribution is 0.401. The van der Waals surface area contributed by atoms with Crippen LogP contribution < -0.4 is 14.5 Å². The normalized spacial score (nSPS) is 17.2. The van der Waals surface area contributed by atoms with E-state index < -0.39 is 0 Å². The topological polar surface area (TPSA) is 54.6 Å². The lowest BCUT2D eigenvalue weighted by Gasteiger charge is -2.40. The van der Waals surface area contributed by atoms with E-state index in [0.717, 1.165) is 30.9 Å². The number of aromatic nitrogens is 2. The summed E-state index contributed by atoms with van der Waals surface area (Å²) in [4.78, 5) is 9.19. The second-order valence-corrected chi connectivity index (χ2v) is 6.96. The Balaban J connectivity index is 1.47. The third kappa shape index (κ3) is 3.60. The molecule has 0 aliphatic carbocycles. The van der Waals surface area contributed by atoms with Gasteiger partial charge in [0.25, 0.3) is 0 Å². The van der Waals surface area contributed by atoms with Crippen LogP contribution in [0.4, 0.5) is 11.7 Å². The fourth-order valence-corrected chi connectivity index (χ4v) is 3.52. The van der Waals surface area contributed by atoms with Crippen molar-refractivity contribution in [3.63, 3.8) is 0 Å². The molecule has 140 valence electrons. The number of ether oxygens (including phenoxy) is 1. The predicted molar refractivity (Wildman–Crippen MR) is 106 cm³/mol. The molecule has 2 heterocycles. The van der Waals surface area contributed by atoms with Gasteiger partial charge in [-0.3, -0.25) is 0 Å². The summed E-state index contributed by atoms with van der Waals surface area (Å²) in [6, 6.07) is 17.3. The van der Waals surface area contributed by atoms with Gasteiger partial charge in [-0.1, -0.05) is 17.3 Å². The van der Waals surface area contributed by atoms with Gasteiger partial charge in [-0.25, -0.2) is 0 Å². The van der Waals surface area contributed by atoms with Gasteiger partial charge in [0.15, 0.2) is 0 Å². The van der Waals surface area contributed by atoms with Crippen molar-refractivity contribution in [2.75, 3.05) is 36.5 Å². The highest BCUT2D eigenvalue weighted by Crippen LogP contribution is 2.26. The second-order valence-electron chi connectivity index (χ2n) is 6.96. The predicted octanol–water partition coefficient (Wildman–Crippen LogP) is 3.77. The molecule has 0 spiro atoms. The lowest BCUT2D eigenvalue weighted by atomic mass is 10.1. The van der Waals surface area contributed by atoms with Crippen LogP contribution >= 0.6 is 0 Å². The molecule has 0 N–H and O–H groups in total. The molecule has 1 saturated heterocycles.